The minimum Gasteiger partial charge on any atom is -0.484 e. The molecule has 2 rings (SSSR count). The van der Waals surface area contributed by atoms with Crippen LogP contribution >= 0.6 is 0 Å². The summed E-state index contributed by atoms with van der Waals surface area (Å²) in [7, 11) is 1.22. The van der Waals surface area contributed by atoms with Crippen molar-refractivity contribution in [1.82, 2.24) is 0 Å². The van der Waals surface area contributed by atoms with Gasteiger partial charge in [-0.1, -0.05) is 54.3 Å². The SMILES string of the molecule is COC(=O)OCC#Cc1ccccc1OCC(=O)c1ccccc1. The van der Waals surface area contributed by atoms with Crippen molar-refractivity contribution in [3.63, 3.8) is 0 Å². The number of hydrogen-bond donors (Lipinski definition) is 0. The van der Waals surface area contributed by atoms with E-state index in [2.05, 4.69) is 21.3 Å². The summed E-state index contributed by atoms with van der Waals surface area (Å²) in [5.41, 5.74) is 1.19. The third-order valence-electron chi connectivity index (χ3n) is 2.99. The first-order valence-corrected chi connectivity index (χ1v) is 7.20. The fourth-order valence-electron chi connectivity index (χ4n) is 1.83. The first-order chi connectivity index (χ1) is 11.7. The molecule has 0 aliphatic carbocycles. The summed E-state index contributed by atoms with van der Waals surface area (Å²) in [5, 5.41) is 0. The van der Waals surface area contributed by atoms with Crippen LogP contribution < -0.4 is 4.74 Å². The molecule has 0 aliphatic rings. The van der Waals surface area contributed by atoms with Crippen LogP contribution in [0.3, 0.4) is 0 Å². The topological polar surface area (TPSA) is 61.8 Å². The standard InChI is InChI=1S/C19H16O5/c1-22-19(21)23-13-7-11-16-10-5-6-12-18(16)24-14-17(20)15-8-3-2-4-9-15/h2-6,8-10,12H,13-14H2,1H3. The molecule has 0 amide bonds. The minimum atomic E-state index is -0.790. The highest BCUT2D eigenvalue weighted by Gasteiger charge is 2.07. The van der Waals surface area contributed by atoms with Crippen molar-refractivity contribution in [2.45, 2.75) is 0 Å². The first kappa shape index (κ1) is 17.1. The molecule has 0 unspecified atom stereocenters. The lowest BCUT2D eigenvalue weighted by molar-refractivity contribution is 0.0832. The van der Waals surface area contributed by atoms with E-state index in [1.165, 1.54) is 7.11 Å². The van der Waals surface area contributed by atoms with Crippen LogP contribution in [0.4, 0.5) is 4.79 Å². The van der Waals surface area contributed by atoms with Crippen LogP contribution in [0.15, 0.2) is 54.6 Å². The molecule has 0 bridgehead atoms. The van der Waals surface area contributed by atoms with E-state index in [0.29, 0.717) is 16.9 Å². The normalized spacial score (nSPS) is 9.38. The maximum absolute atomic E-state index is 12.1. The number of Topliss-reactive ketones (excluding diaryl/α,β-unsaturated/α-hetero) is 1. The lowest BCUT2D eigenvalue weighted by atomic mass is 10.1. The molecule has 5 heteroatoms. The van der Waals surface area contributed by atoms with Gasteiger partial charge in [0.1, 0.15) is 5.75 Å². The number of carbonyl (C=O) groups is 2. The van der Waals surface area contributed by atoms with E-state index in [-0.39, 0.29) is 19.0 Å². The van der Waals surface area contributed by atoms with Crippen molar-refractivity contribution >= 4 is 11.9 Å². The fourth-order valence-corrected chi connectivity index (χ4v) is 1.83. The Bertz CT molecular complexity index is 756. The summed E-state index contributed by atoms with van der Waals surface area (Å²) < 4.78 is 14.6. The molecular formula is C19H16O5. The average molecular weight is 324 g/mol. The van der Waals surface area contributed by atoms with Gasteiger partial charge in [-0.25, -0.2) is 4.79 Å². The van der Waals surface area contributed by atoms with E-state index in [1.807, 2.05) is 6.07 Å². The molecule has 0 saturated heterocycles. The van der Waals surface area contributed by atoms with Gasteiger partial charge in [0.15, 0.2) is 19.0 Å². The Labute approximate surface area is 140 Å². The molecule has 0 saturated carbocycles. The molecule has 0 N–H and O–H groups in total. The van der Waals surface area contributed by atoms with Gasteiger partial charge < -0.3 is 14.2 Å². The molecule has 122 valence electrons. The maximum atomic E-state index is 12.1. The highest BCUT2D eigenvalue weighted by Crippen LogP contribution is 2.17. The molecule has 24 heavy (non-hydrogen) atoms. The van der Waals surface area contributed by atoms with Crippen molar-refractivity contribution in [3.05, 3.63) is 65.7 Å². The quantitative estimate of drug-likeness (QED) is 0.480. The Hall–Kier alpha value is -3.26. The maximum Gasteiger partial charge on any atom is 0.508 e. The molecule has 0 fully saturated rings. The van der Waals surface area contributed by atoms with Crippen LogP contribution in [0.5, 0.6) is 5.75 Å². The van der Waals surface area contributed by atoms with Crippen molar-refractivity contribution in [2.24, 2.45) is 0 Å². The summed E-state index contributed by atoms with van der Waals surface area (Å²) >= 11 is 0. The van der Waals surface area contributed by atoms with E-state index in [4.69, 9.17) is 4.74 Å². The number of hydrogen-bond acceptors (Lipinski definition) is 5. The van der Waals surface area contributed by atoms with Crippen LogP contribution in [0.25, 0.3) is 0 Å². The van der Waals surface area contributed by atoms with Crippen molar-refractivity contribution in [1.29, 1.82) is 0 Å². The van der Waals surface area contributed by atoms with E-state index in [9.17, 15) is 9.59 Å². The number of methoxy groups -OCH3 is 1. The zero-order chi connectivity index (χ0) is 17.2. The number of carbonyl (C=O) groups excluding carboxylic acids is 2. The van der Waals surface area contributed by atoms with Crippen molar-refractivity contribution in [3.8, 4) is 17.6 Å². The lowest BCUT2D eigenvalue weighted by Crippen LogP contribution is -2.12. The molecule has 0 atom stereocenters. The van der Waals surface area contributed by atoms with Gasteiger partial charge in [-0.3, -0.25) is 4.79 Å². The van der Waals surface area contributed by atoms with Crippen LogP contribution in [0, 0.1) is 11.8 Å². The van der Waals surface area contributed by atoms with E-state index in [1.54, 1.807) is 48.5 Å². The Balaban J connectivity index is 1.97. The van der Waals surface area contributed by atoms with Gasteiger partial charge in [0.05, 0.1) is 12.7 Å². The highest BCUT2D eigenvalue weighted by atomic mass is 16.7. The highest BCUT2D eigenvalue weighted by molar-refractivity contribution is 5.97. The van der Waals surface area contributed by atoms with Crippen LogP contribution in [0.2, 0.25) is 0 Å². The van der Waals surface area contributed by atoms with Crippen molar-refractivity contribution < 1.29 is 23.8 Å². The van der Waals surface area contributed by atoms with E-state index >= 15 is 0 Å². The Morgan fingerprint density at radius 3 is 2.46 bits per heavy atom. The van der Waals surface area contributed by atoms with Gasteiger partial charge in [0, 0.05) is 5.56 Å². The minimum absolute atomic E-state index is 0.0820. The molecule has 2 aromatic carbocycles. The fraction of sp³-hybridized carbons (Fsp3) is 0.158. The average Bonchev–Trinajstić information content (AvgIpc) is 2.64. The number of ketones is 1. The molecule has 0 heterocycles. The third kappa shape index (κ3) is 5.18. The second kappa shape index (κ2) is 9.01. The monoisotopic (exact) mass is 324 g/mol. The van der Waals surface area contributed by atoms with Crippen LogP contribution in [0.1, 0.15) is 15.9 Å². The van der Waals surface area contributed by atoms with Crippen LogP contribution in [-0.4, -0.2) is 32.3 Å². The molecule has 0 aromatic heterocycles. The van der Waals surface area contributed by atoms with Gasteiger partial charge >= 0.3 is 6.16 Å². The smallest absolute Gasteiger partial charge is 0.484 e. The van der Waals surface area contributed by atoms with Gasteiger partial charge in [0.25, 0.3) is 0 Å². The summed E-state index contributed by atoms with van der Waals surface area (Å²) in [5.74, 6) is 5.90. The third-order valence-corrected chi connectivity index (χ3v) is 2.99. The van der Waals surface area contributed by atoms with E-state index < -0.39 is 6.16 Å². The molecular weight excluding hydrogens is 308 g/mol. The largest absolute Gasteiger partial charge is 0.508 e. The summed E-state index contributed by atoms with van der Waals surface area (Å²) in [6, 6.07) is 16.0. The first-order valence-electron chi connectivity index (χ1n) is 7.20. The number of benzene rings is 2. The summed E-state index contributed by atoms with van der Waals surface area (Å²) in [4.78, 5) is 22.9. The molecule has 2 aromatic rings. The number of ether oxygens (including phenoxy) is 3. The predicted molar refractivity (Wildman–Crippen MR) is 87.9 cm³/mol. The van der Waals surface area contributed by atoms with Gasteiger partial charge in [-0.15, -0.1) is 0 Å². The Morgan fingerprint density at radius 2 is 1.71 bits per heavy atom. The molecule has 0 aliphatic heterocycles. The zero-order valence-electron chi connectivity index (χ0n) is 13.2. The lowest BCUT2D eigenvalue weighted by Gasteiger charge is -2.07. The van der Waals surface area contributed by atoms with Crippen LogP contribution in [-0.2, 0) is 9.47 Å². The molecule has 5 nitrogen and oxygen atoms in total. The number of rotatable bonds is 5. The zero-order valence-corrected chi connectivity index (χ0v) is 13.2. The Kier molecular flexibility index (Phi) is 6.42. The summed E-state index contributed by atoms with van der Waals surface area (Å²) in [6.07, 6.45) is -0.790. The number of para-hydroxylation sites is 1. The van der Waals surface area contributed by atoms with Gasteiger partial charge in [-0.05, 0) is 12.1 Å². The predicted octanol–water partition coefficient (Wildman–Crippen LogP) is 3.08. The van der Waals surface area contributed by atoms with Crippen molar-refractivity contribution in [2.75, 3.05) is 20.3 Å². The Morgan fingerprint density at radius 1 is 1.00 bits per heavy atom. The van der Waals surface area contributed by atoms with E-state index in [0.717, 1.165) is 0 Å². The second-order valence-electron chi connectivity index (χ2n) is 4.62. The molecule has 0 radical (unpaired) electrons. The summed E-state index contributed by atoms with van der Waals surface area (Å²) in [6.45, 7) is -0.175. The van der Waals surface area contributed by atoms with Gasteiger partial charge in [0.2, 0.25) is 0 Å². The van der Waals surface area contributed by atoms with Gasteiger partial charge in [-0.2, -0.15) is 0 Å². The molecule has 0 spiro atoms. The second-order valence-corrected chi connectivity index (χ2v) is 4.62.